The van der Waals surface area contributed by atoms with E-state index in [1.54, 1.807) is 18.2 Å². The Morgan fingerprint density at radius 1 is 1.19 bits per heavy atom. The van der Waals surface area contributed by atoms with Gasteiger partial charge < -0.3 is 5.32 Å². The predicted molar refractivity (Wildman–Crippen MR) is 80.9 cm³/mol. The fourth-order valence-electron chi connectivity index (χ4n) is 2.21. The van der Waals surface area contributed by atoms with E-state index in [1.165, 1.54) is 6.07 Å². The van der Waals surface area contributed by atoms with Gasteiger partial charge in [-0.1, -0.05) is 17.7 Å². The van der Waals surface area contributed by atoms with Crippen molar-refractivity contribution < 1.29 is 12.8 Å². The van der Waals surface area contributed by atoms with Crippen LogP contribution in [0.25, 0.3) is 0 Å². The maximum Gasteiger partial charge on any atom is 0.262 e. The van der Waals surface area contributed by atoms with Crippen LogP contribution in [0.4, 0.5) is 15.8 Å². The van der Waals surface area contributed by atoms with Crippen LogP contribution in [0.1, 0.15) is 5.56 Å². The number of nitrogens with one attached hydrogen (secondary N) is 2. The molecule has 21 heavy (non-hydrogen) atoms. The molecule has 0 saturated heterocycles. The largest absolute Gasteiger partial charge is 0.384 e. The van der Waals surface area contributed by atoms with E-state index in [0.717, 1.165) is 36.3 Å². The topological polar surface area (TPSA) is 58.2 Å². The molecule has 0 bridgehead atoms. The third-order valence-electron chi connectivity index (χ3n) is 3.28. The minimum atomic E-state index is -3.77. The van der Waals surface area contributed by atoms with Crippen molar-refractivity contribution in [3.05, 3.63) is 52.8 Å². The van der Waals surface area contributed by atoms with Crippen LogP contribution in [0.3, 0.4) is 0 Å². The lowest BCUT2D eigenvalue weighted by molar-refractivity contribution is 0.601. The zero-order valence-electron chi connectivity index (χ0n) is 10.9. The van der Waals surface area contributed by atoms with Crippen LogP contribution < -0.4 is 10.0 Å². The lowest BCUT2D eigenvalue weighted by Gasteiger charge is -2.11. The van der Waals surface area contributed by atoms with E-state index in [0.29, 0.717) is 0 Å². The molecule has 1 aliphatic heterocycles. The molecular weight excluding hydrogens is 315 g/mol. The van der Waals surface area contributed by atoms with Crippen molar-refractivity contribution in [2.45, 2.75) is 11.3 Å². The van der Waals surface area contributed by atoms with Crippen LogP contribution in [0.5, 0.6) is 0 Å². The third-order valence-corrected chi connectivity index (χ3v) is 4.95. The second-order valence-corrected chi connectivity index (χ2v) is 6.81. The molecule has 110 valence electrons. The molecule has 0 aliphatic carbocycles. The fraction of sp³-hybridized carbons (Fsp3) is 0.143. The number of sulfonamides is 1. The predicted octanol–water partition coefficient (Wildman–Crippen LogP) is 3.25. The molecule has 7 heteroatoms. The first-order chi connectivity index (χ1) is 9.95. The van der Waals surface area contributed by atoms with Gasteiger partial charge in [0.25, 0.3) is 10.0 Å². The van der Waals surface area contributed by atoms with E-state index in [1.807, 2.05) is 0 Å². The van der Waals surface area contributed by atoms with Crippen molar-refractivity contribution in [3.8, 4) is 0 Å². The Kier molecular flexibility index (Phi) is 3.51. The Bertz CT molecular complexity index is 809. The quantitative estimate of drug-likeness (QED) is 0.910. The Morgan fingerprint density at radius 3 is 2.76 bits per heavy atom. The highest BCUT2D eigenvalue weighted by molar-refractivity contribution is 7.92. The standard InChI is InChI=1S/C14H12ClFN2O2S/c15-12-7-10(16)2-4-13(12)18-21(19,20)11-3-1-9-5-6-17-14(9)8-11/h1-4,7-8,17-18H,5-6H2. The summed E-state index contributed by atoms with van der Waals surface area (Å²) in [5, 5.41) is 3.14. The van der Waals surface area contributed by atoms with Crippen LogP contribution >= 0.6 is 11.6 Å². The molecule has 0 unspecified atom stereocenters. The number of rotatable bonds is 3. The summed E-state index contributed by atoms with van der Waals surface area (Å²) in [4.78, 5) is 0.135. The number of hydrogen-bond acceptors (Lipinski definition) is 3. The van der Waals surface area contributed by atoms with E-state index >= 15 is 0 Å². The normalized spacial score (nSPS) is 13.6. The summed E-state index contributed by atoms with van der Waals surface area (Å²) in [7, 11) is -3.77. The summed E-state index contributed by atoms with van der Waals surface area (Å²) in [5.74, 6) is -0.523. The smallest absolute Gasteiger partial charge is 0.262 e. The fourth-order valence-corrected chi connectivity index (χ4v) is 3.59. The number of anilines is 2. The second kappa shape index (κ2) is 5.20. The van der Waals surface area contributed by atoms with Crippen molar-refractivity contribution in [1.82, 2.24) is 0 Å². The van der Waals surface area contributed by atoms with Gasteiger partial charge >= 0.3 is 0 Å². The van der Waals surface area contributed by atoms with Gasteiger partial charge in [0, 0.05) is 12.2 Å². The van der Waals surface area contributed by atoms with Gasteiger partial charge in [0.1, 0.15) is 5.82 Å². The average Bonchev–Trinajstić information content (AvgIpc) is 2.89. The van der Waals surface area contributed by atoms with Gasteiger partial charge in [-0.3, -0.25) is 4.72 Å². The summed E-state index contributed by atoms with van der Waals surface area (Å²) in [6, 6.07) is 8.42. The zero-order valence-corrected chi connectivity index (χ0v) is 12.4. The minimum absolute atomic E-state index is 0.0119. The molecule has 0 radical (unpaired) electrons. The molecule has 0 atom stereocenters. The van der Waals surface area contributed by atoms with Crippen LogP contribution in [0.2, 0.25) is 5.02 Å². The van der Waals surface area contributed by atoms with Crippen LogP contribution in [0, 0.1) is 5.82 Å². The highest BCUT2D eigenvalue weighted by atomic mass is 35.5. The van der Waals surface area contributed by atoms with Crippen molar-refractivity contribution in [2.75, 3.05) is 16.6 Å². The van der Waals surface area contributed by atoms with E-state index in [9.17, 15) is 12.8 Å². The van der Waals surface area contributed by atoms with E-state index in [4.69, 9.17) is 11.6 Å². The summed E-state index contributed by atoms with van der Waals surface area (Å²) in [6.45, 7) is 0.802. The minimum Gasteiger partial charge on any atom is -0.384 e. The van der Waals surface area contributed by atoms with Crippen LogP contribution in [-0.2, 0) is 16.4 Å². The molecular formula is C14H12ClFN2O2S. The zero-order chi connectivity index (χ0) is 15.0. The van der Waals surface area contributed by atoms with Crippen molar-refractivity contribution in [2.24, 2.45) is 0 Å². The molecule has 2 N–H and O–H groups in total. The molecule has 4 nitrogen and oxygen atoms in total. The van der Waals surface area contributed by atoms with Gasteiger partial charge in [-0.05, 0) is 42.3 Å². The van der Waals surface area contributed by atoms with Gasteiger partial charge in [0.15, 0.2) is 0 Å². The Morgan fingerprint density at radius 2 is 2.00 bits per heavy atom. The first-order valence-electron chi connectivity index (χ1n) is 6.30. The Balaban J connectivity index is 1.93. The first kappa shape index (κ1) is 14.2. The summed E-state index contributed by atoms with van der Waals surface area (Å²) in [5.41, 5.74) is 2.06. The SMILES string of the molecule is O=S(=O)(Nc1ccc(F)cc1Cl)c1ccc2c(c1)NCC2. The van der Waals surface area contributed by atoms with Gasteiger partial charge in [-0.15, -0.1) is 0 Å². The Labute approximate surface area is 127 Å². The molecule has 2 aromatic carbocycles. The Hall–Kier alpha value is -1.79. The number of fused-ring (bicyclic) bond motifs is 1. The summed E-state index contributed by atoms with van der Waals surface area (Å²) >= 11 is 5.84. The molecule has 2 aromatic rings. The molecule has 1 aliphatic rings. The van der Waals surface area contributed by atoms with Crippen LogP contribution in [-0.4, -0.2) is 15.0 Å². The lowest BCUT2D eigenvalue weighted by Crippen LogP contribution is -2.13. The van der Waals surface area contributed by atoms with Gasteiger partial charge in [0.05, 0.1) is 15.6 Å². The molecule has 3 rings (SSSR count). The number of hydrogen-bond donors (Lipinski definition) is 2. The van der Waals surface area contributed by atoms with Gasteiger partial charge in [-0.2, -0.15) is 0 Å². The molecule has 0 fully saturated rings. The molecule has 1 heterocycles. The molecule has 0 saturated carbocycles. The van der Waals surface area contributed by atoms with E-state index in [-0.39, 0.29) is 15.6 Å². The molecule has 0 aromatic heterocycles. The van der Waals surface area contributed by atoms with Crippen molar-refractivity contribution >= 4 is 33.0 Å². The first-order valence-corrected chi connectivity index (χ1v) is 8.16. The molecule has 0 amide bonds. The maximum absolute atomic E-state index is 13.0. The van der Waals surface area contributed by atoms with Crippen molar-refractivity contribution in [1.29, 1.82) is 0 Å². The maximum atomic E-state index is 13.0. The second-order valence-electron chi connectivity index (χ2n) is 4.73. The third kappa shape index (κ3) is 2.82. The average molecular weight is 327 g/mol. The van der Waals surface area contributed by atoms with E-state index in [2.05, 4.69) is 10.0 Å². The summed E-state index contributed by atoms with van der Waals surface area (Å²) in [6.07, 6.45) is 0.882. The van der Waals surface area contributed by atoms with E-state index < -0.39 is 15.8 Å². The highest BCUT2D eigenvalue weighted by Crippen LogP contribution is 2.28. The van der Waals surface area contributed by atoms with Crippen molar-refractivity contribution in [3.63, 3.8) is 0 Å². The number of benzene rings is 2. The lowest BCUT2D eigenvalue weighted by atomic mass is 10.2. The molecule has 0 spiro atoms. The van der Waals surface area contributed by atoms with Gasteiger partial charge in [-0.25, -0.2) is 12.8 Å². The van der Waals surface area contributed by atoms with Crippen LogP contribution in [0.15, 0.2) is 41.3 Å². The highest BCUT2D eigenvalue weighted by Gasteiger charge is 2.19. The monoisotopic (exact) mass is 326 g/mol. The van der Waals surface area contributed by atoms with Gasteiger partial charge in [0.2, 0.25) is 0 Å². The summed E-state index contributed by atoms with van der Waals surface area (Å²) < 4.78 is 40.0. The number of halogens is 2.